The molecule has 0 spiro atoms. The smallest absolute Gasteiger partial charge is 0.343 e. The van der Waals surface area contributed by atoms with Gasteiger partial charge in [-0.1, -0.05) is 0 Å². The molecule has 31 heavy (non-hydrogen) atoms. The third kappa shape index (κ3) is 4.07. The summed E-state index contributed by atoms with van der Waals surface area (Å²) in [5, 5.41) is 4.13. The number of hydrogen-bond acceptors (Lipinski definition) is 6. The number of nitrogens with zero attached hydrogens (tertiary/aromatic N) is 4. The number of aromatic nitrogens is 2. The van der Waals surface area contributed by atoms with E-state index in [9.17, 15) is 14.0 Å². The Morgan fingerprint density at radius 3 is 2.19 bits per heavy atom. The van der Waals surface area contributed by atoms with Crippen molar-refractivity contribution >= 4 is 23.4 Å². The molecule has 4 rings (SSSR count). The summed E-state index contributed by atoms with van der Waals surface area (Å²) in [4.78, 5) is 28.5. The van der Waals surface area contributed by atoms with Crippen LogP contribution in [0.2, 0.25) is 0 Å². The van der Waals surface area contributed by atoms with Gasteiger partial charge in [-0.25, -0.2) is 13.9 Å². The minimum absolute atomic E-state index is 0.0611. The van der Waals surface area contributed by atoms with E-state index < -0.39 is 5.97 Å². The van der Waals surface area contributed by atoms with Gasteiger partial charge in [-0.2, -0.15) is 5.10 Å². The number of piperazine rings is 1. The third-order valence-corrected chi connectivity index (χ3v) is 5.33. The summed E-state index contributed by atoms with van der Waals surface area (Å²) in [6, 6.07) is 13.3. The van der Waals surface area contributed by atoms with Crippen LogP contribution in [0.1, 0.15) is 20.7 Å². The first-order valence-corrected chi connectivity index (χ1v) is 9.80. The lowest BCUT2D eigenvalue weighted by atomic mass is 10.1. The quantitative estimate of drug-likeness (QED) is 0.648. The van der Waals surface area contributed by atoms with Gasteiger partial charge in [0.15, 0.2) is 0 Å². The molecule has 3 aromatic rings. The van der Waals surface area contributed by atoms with E-state index in [2.05, 4.69) is 14.7 Å². The molecule has 9 heteroatoms. The summed E-state index contributed by atoms with van der Waals surface area (Å²) in [5.74, 6) is -0.716. The zero-order chi connectivity index (χ0) is 22.0. The molecule has 0 atom stereocenters. The third-order valence-electron chi connectivity index (χ3n) is 5.33. The van der Waals surface area contributed by atoms with Gasteiger partial charge in [-0.05, 0) is 48.5 Å². The molecule has 1 fully saturated rings. The first-order chi connectivity index (χ1) is 15.0. The van der Waals surface area contributed by atoms with Crippen LogP contribution in [0.5, 0.6) is 0 Å². The van der Waals surface area contributed by atoms with Gasteiger partial charge in [0, 0.05) is 37.4 Å². The minimum atomic E-state index is -0.560. The number of carbonyl (C=O) groups is 2. The van der Waals surface area contributed by atoms with Crippen molar-refractivity contribution in [3.63, 3.8) is 0 Å². The van der Waals surface area contributed by atoms with Gasteiger partial charge in [0.05, 0.1) is 19.0 Å². The highest BCUT2D eigenvalue weighted by molar-refractivity contribution is 5.95. The van der Waals surface area contributed by atoms with Gasteiger partial charge in [0.2, 0.25) is 0 Å². The van der Waals surface area contributed by atoms with Gasteiger partial charge in [0.25, 0.3) is 5.91 Å². The molecule has 0 saturated carbocycles. The van der Waals surface area contributed by atoms with Gasteiger partial charge < -0.3 is 20.3 Å². The Bertz CT molecular complexity index is 1090. The molecule has 1 aliphatic heterocycles. The Hall–Kier alpha value is -3.88. The fourth-order valence-corrected chi connectivity index (χ4v) is 3.58. The highest BCUT2D eigenvalue weighted by Crippen LogP contribution is 2.20. The normalized spacial score (nSPS) is 13.9. The van der Waals surface area contributed by atoms with Gasteiger partial charge in [-0.3, -0.25) is 4.79 Å². The van der Waals surface area contributed by atoms with Crippen LogP contribution in [0.15, 0.2) is 54.7 Å². The van der Waals surface area contributed by atoms with E-state index >= 15 is 0 Å². The molecule has 2 aromatic carbocycles. The van der Waals surface area contributed by atoms with E-state index in [0.717, 1.165) is 5.69 Å². The minimum Gasteiger partial charge on any atom is -0.465 e. The molecule has 0 unspecified atom stereocenters. The summed E-state index contributed by atoms with van der Waals surface area (Å²) in [5.41, 5.74) is 8.31. The van der Waals surface area contributed by atoms with E-state index in [1.54, 1.807) is 41.3 Å². The first kappa shape index (κ1) is 20.4. The topological polar surface area (TPSA) is 93.7 Å². The predicted molar refractivity (Wildman–Crippen MR) is 114 cm³/mol. The van der Waals surface area contributed by atoms with Gasteiger partial charge >= 0.3 is 5.97 Å². The Kier molecular flexibility index (Phi) is 5.57. The van der Waals surface area contributed by atoms with Crippen molar-refractivity contribution in [2.45, 2.75) is 0 Å². The number of carbonyl (C=O) groups excluding carboxylic acids is 2. The molecule has 1 aromatic heterocycles. The summed E-state index contributed by atoms with van der Waals surface area (Å²) in [7, 11) is 1.28. The molecule has 2 N–H and O–H groups in total. The average molecular weight is 423 g/mol. The summed E-state index contributed by atoms with van der Waals surface area (Å²) in [6.07, 6.45) is 1.35. The lowest BCUT2D eigenvalue weighted by molar-refractivity contribution is 0.0601. The second-order valence-corrected chi connectivity index (χ2v) is 7.15. The maximum atomic E-state index is 13.1. The van der Waals surface area contributed by atoms with Crippen molar-refractivity contribution in [1.29, 1.82) is 0 Å². The highest BCUT2D eigenvalue weighted by atomic mass is 19.1. The number of rotatable bonds is 4. The average Bonchev–Trinajstić information content (AvgIpc) is 3.20. The predicted octanol–water partition coefficient (Wildman–Crippen LogP) is 2.34. The Balaban J connectivity index is 1.42. The molecule has 2 heterocycles. The maximum Gasteiger partial charge on any atom is 0.343 e. The van der Waals surface area contributed by atoms with E-state index in [-0.39, 0.29) is 23.1 Å². The monoisotopic (exact) mass is 423 g/mol. The van der Waals surface area contributed by atoms with Crippen LogP contribution in [-0.4, -0.2) is 59.8 Å². The summed E-state index contributed by atoms with van der Waals surface area (Å²) >= 11 is 0. The lowest BCUT2D eigenvalue weighted by Crippen LogP contribution is -2.48. The number of hydrogen-bond donors (Lipinski definition) is 1. The number of anilines is 2. The van der Waals surface area contributed by atoms with Crippen molar-refractivity contribution in [3.05, 3.63) is 71.7 Å². The molecule has 1 aliphatic rings. The molecular weight excluding hydrogens is 401 g/mol. The molecular formula is C22H22FN5O3. The second kappa shape index (κ2) is 8.47. The number of nitrogens with two attached hydrogens (primary N) is 1. The zero-order valence-electron chi connectivity index (χ0n) is 17.0. The molecule has 160 valence electrons. The molecule has 0 radical (unpaired) electrons. The summed E-state index contributed by atoms with van der Waals surface area (Å²) in [6.45, 7) is 2.50. The van der Waals surface area contributed by atoms with Crippen LogP contribution in [-0.2, 0) is 4.74 Å². The highest BCUT2D eigenvalue weighted by Gasteiger charge is 2.23. The molecule has 8 nitrogen and oxygen atoms in total. The van der Waals surface area contributed by atoms with Crippen LogP contribution in [0.4, 0.5) is 15.9 Å². The van der Waals surface area contributed by atoms with Crippen LogP contribution < -0.4 is 10.6 Å². The number of nitrogen functional groups attached to an aromatic ring is 1. The standard InChI is InChI=1S/C22H22FN5O3/c1-31-22(30)19-14-25-28(20(19)24)18-6-2-15(3-7-18)21(29)27-12-10-26(11-13-27)17-8-4-16(23)5-9-17/h2-9,14H,10-13,24H2,1H3. The van der Waals surface area contributed by atoms with Gasteiger partial charge in [0.1, 0.15) is 17.2 Å². The van der Waals surface area contributed by atoms with Gasteiger partial charge in [-0.15, -0.1) is 0 Å². The number of benzene rings is 2. The van der Waals surface area contributed by atoms with Crippen molar-refractivity contribution in [2.24, 2.45) is 0 Å². The Morgan fingerprint density at radius 2 is 1.58 bits per heavy atom. The number of esters is 1. The van der Waals surface area contributed by atoms with Crippen molar-refractivity contribution in [1.82, 2.24) is 14.7 Å². The number of amides is 1. The first-order valence-electron chi connectivity index (χ1n) is 9.80. The van der Waals surface area contributed by atoms with E-state index in [1.165, 1.54) is 30.1 Å². The Labute approximate surface area is 178 Å². The largest absolute Gasteiger partial charge is 0.465 e. The summed E-state index contributed by atoms with van der Waals surface area (Å²) < 4.78 is 19.2. The van der Waals surface area contributed by atoms with E-state index in [4.69, 9.17) is 5.73 Å². The molecule has 1 saturated heterocycles. The molecule has 0 bridgehead atoms. The van der Waals surface area contributed by atoms with Crippen molar-refractivity contribution in [2.75, 3.05) is 43.9 Å². The SMILES string of the molecule is COC(=O)c1cnn(-c2ccc(C(=O)N3CCN(c4ccc(F)cc4)CC3)cc2)c1N. The molecule has 0 aliphatic carbocycles. The number of halogens is 1. The lowest BCUT2D eigenvalue weighted by Gasteiger charge is -2.36. The molecule has 1 amide bonds. The number of ether oxygens (including phenoxy) is 1. The van der Waals surface area contributed by atoms with E-state index in [1.807, 2.05) is 0 Å². The van der Waals surface area contributed by atoms with Crippen molar-refractivity contribution in [3.8, 4) is 5.69 Å². The fraction of sp³-hybridized carbons (Fsp3) is 0.227. The fourth-order valence-electron chi connectivity index (χ4n) is 3.58. The number of methoxy groups -OCH3 is 1. The van der Waals surface area contributed by atoms with Crippen LogP contribution in [0.25, 0.3) is 5.69 Å². The van der Waals surface area contributed by atoms with E-state index in [0.29, 0.717) is 37.4 Å². The zero-order valence-corrected chi connectivity index (χ0v) is 17.0. The second-order valence-electron chi connectivity index (χ2n) is 7.15. The van der Waals surface area contributed by atoms with Crippen LogP contribution in [0, 0.1) is 5.82 Å². The van der Waals surface area contributed by atoms with Crippen LogP contribution in [0.3, 0.4) is 0 Å². The maximum absolute atomic E-state index is 13.1. The van der Waals surface area contributed by atoms with Crippen LogP contribution >= 0.6 is 0 Å². The Morgan fingerprint density at radius 1 is 0.968 bits per heavy atom. The van der Waals surface area contributed by atoms with Crippen molar-refractivity contribution < 1.29 is 18.7 Å².